The van der Waals surface area contributed by atoms with Crippen LogP contribution in [0.4, 0.5) is 11.4 Å². The predicted molar refractivity (Wildman–Crippen MR) is 124 cm³/mol. The van der Waals surface area contributed by atoms with Gasteiger partial charge in [0.25, 0.3) is 5.69 Å². The van der Waals surface area contributed by atoms with Gasteiger partial charge >= 0.3 is 0 Å². The maximum Gasteiger partial charge on any atom is 0.289 e. The molecule has 9 nitrogen and oxygen atoms in total. The largest absolute Gasteiger partial charge is 0.325 e. The smallest absolute Gasteiger partial charge is 0.289 e. The fraction of sp³-hybridized carbons (Fsp3) is 0.400. The molecular weight excluding hydrogens is 476 g/mol. The summed E-state index contributed by atoms with van der Waals surface area (Å²) in [7, 11) is -2.02. The first kappa shape index (κ1) is 24.4. The second-order valence-corrected chi connectivity index (χ2v) is 10.8. The molecule has 0 aliphatic heterocycles. The Balaban J connectivity index is 1.58. The number of thioether (sulfide) groups is 1. The van der Waals surface area contributed by atoms with Gasteiger partial charge in [0, 0.05) is 31.0 Å². The Hall–Kier alpha value is -2.21. The molecule has 0 radical (unpaired) electrons. The lowest BCUT2D eigenvalue weighted by Gasteiger charge is -2.30. The highest BCUT2D eigenvalue weighted by Crippen LogP contribution is 2.28. The molecule has 1 saturated carbocycles. The molecule has 0 bridgehead atoms. The van der Waals surface area contributed by atoms with E-state index in [4.69, 9.17) is 11.6 Å². The second-order valence-electron chi connectivity index (χ2n) is 7.41. The Bertz CT molecular complexity index is 1090. The molecule has 1 aromatic carbocycles. The molecule has 12 heteroatoms. The Morgan fingerprint density at radius 1 is 1.28 bits per heavy atom. The number of benzene rings is 1. The highest BCUT2D eigenvalue weighted by Gasteiger charge is 2.29. The van der Waals surface area contributed by atoms with E-state index in [1.807, 2.05) is 0 Å². The van der Waals surface area contributed by atoms with Crippen molar-refractivity contribution in [1.82, 2.24) is 9.29 Å². The van der Waals surface area contributed by atoms with E-state index < -0.39 is 14.9 Å². The molecule has 2 aromatic rings. The van der Waals surface area contributed by atoms with Crippen LogP contribution in [0, 0.1) is 10.1 Å². The zero-order chi connectivity index (χ0) is 23.3. The number of carbonyl (C=O) groups excluding carboxylic acids is 1. The molecular formula is C20H23ClN4O5S2. The number of amides is 1. The monoisotopic (exact) mass is 498 g/mol. The molecule has 1 amide bonds. The highest BCUT2D eigenvalue weighted by atomic mass is 35.5. The summed E-state index contributed by atoms with van der Waals surface area (Å²) in [6.07, 6.45) is 6.23. The van der Waals surface area contributed by atoms with E-state index in [2.05, 4.69) is 10.3 Å². The molecule has 1 aliphatic rings. The topological polar surface area (TPSA) is 123 Å². The number of rotatable bonds is 8. The number of aromatic nitrogens is 1. The van der Waals surface area contributed by atoms with Gasteiger partial charge in [0.05, 0.1) is 15.7 Å². The number of hydrogen-bond acceptors (Lipinski definition) is 7. The zero-order valence-electron chi connectivity index (χ0n) is 17.4. The molecule has 172 valence electrons. The van der Waals surface area contributed by atoms with Crippen molar-refractivity contribution in [2.75, 3.05) is 18.1 Å². The summed E-state index contributed by atoms with van der Waals surface area (Å²) >= 11 is 6.89. The Morgan fingerprint density at radius 3 is 2.62 bits per heavy atom. The molecule has 0 saturated heterocycles. The van der Waals surface area contributed by atoms with Gasteiger partial charge in [0.15, 0.2) is 0 Å². The summed E-state index contributed by atoms with van der Waals surface area (Å²) in [6.45, 7) is 0. The molecule has 1 aliphatic carbocycles. The maximum absolute atomic E-state index is 12.9. The Labute approximate surface area is 195 Å². The van der Waals surface area contributed by atoms with E-state index in [0.717, 1.165) is 43.9 Å². The average Bonchev–Trinajstić information content (AvgIpc) is 2.79. The van der Waals surface area contributed by atoms with E-state index in [-0.39, 0.29) is 39.0 Å². The standard InChI is InChI=1S/C20H23ClN4O5S2/c1-24(15-5-3-2-4-6-15)32(29,30)16-8-10-20(22-12-16)31-13-19(26)23-14-7-9-17(21)18(11-14)25(27)28/h7-12,15H,2-6,13H2,1H3,(H,23,26). The number of pyridine rings is 1. The summed E-state index contributed by atoms with van der Waals surface area (Å²) in [5.74, 6) is -0.389. The molecule has 0 atom stereocenters. The fourth-order valence-corrected chi connectivity index (χ4v) is 5.67. The molecule has 3 rings (SSSR count). The van der Waals surface area contributed by atoms with Crippen molar-refractivity contribution in [1.29, 1.82) is 0 Å². The number of nitro benzene ring substituents is 1. The van der Waals surface area contributed by atoms with Crippen molar-refractivity contribution in [3.05, 3.63) is 51.7 Å². The Morgan fingerprint density at radius 2 is 2.00 bits per heavy atom. The molecule has 1 heterocycles. The first-order chi connectivity index (χ1) is 15.2. The zero-order valence-corrected chi connectivity index (χ0v) is 19.8. The minimum atomic E-state index is -3.63. The summed E-state index contributed by atoms with van der Waals surface area (Å²) in [6, 6.07) is 7.06. The van der Waals surface area contributed by atoms with Gasteiger partial charge in [-0.2, -0.15) is 4.31 Å². The van der Waals surface area contributed by atoms with Gasteiger partial charge in [0.2, 0.25) is 15.9 Å². The predicted octanol–water partition coefficient (Wildman–Crippen LogP) is 4.33. The molecule has 1 N–H and O–H groups in total. The van der Waals surface area contributed by atoms with Crippen molar-refractivity contribution in [3.63, 3.8) is 0 Å². The molecule has 1 fully saturated rings. The summed E-state index contributed by atoms with van der Waals surface area (Å²) in [5, 5.41) is 14.0. The van der Waals surface area contributed by atoms with Crippen LogP contribution in [0.3, 0.4) is 0 Å². The molecule has 0 unspecified atom stereocenters. The van der Waals surface area contributed by atoms with Crippen LogP contribution in [-0.4, -0.2) is 47.4 Å². The minimum Gasteiger partial charge on any atom is -0.325 e. The second kappa shape index (κ2) is 10.6. The Kier molecular flexibility index (Phi) is 8.10. The number of carbonyl (C=O) groups is 1. The molecule has 32 heavy (non-hydrogen) atoms. The van der Waals surface area contributed by atoms with Gasteiger partial charge in [-0.05, 0) is 37.1 Å². The van der Waals surface area contributed by atoms with E-state index >= 15 is 0 Å². The van der Waals surface area contributed by atoms with Crippen LogP contribution in [0.2, 0.25) is 5.02 Å². The van der Waals surface area contributed by atoms with Gasteiger partial charge in [0.1, 0.15) is 9.92 Å². The summed E-state index contributed by atoms with van der Waals surface area (Å²) < 4.78 is 27.2. The third-order valence-corrected chi connectivity index (χ3v) is 8.41. The number of nitrogens with zero attached hydrogens (tertiary/aromatic N) is 3. The number of anilines is 1. The average molecular weight is 499 g/mol. The number of hydrogen-bond donors (Lipinski definition) is 1. The van der Waals surface area contributed by atoms with Crippen LogP contribution in [0.25, 0.3) is 0 Å². The molecule has 0 spiro atoms. The SMILES string of the molecule is CN(C1CCCCC1)S(=O)(=O)c1ccc(SCC(=O)Nc2ccc(Cl)c([N+](=O)[O-])c2)nc1. The first-order valence-corrected chi connectivity index (χ1v) is 12.8. The van der Waals surface area contributed by atoms with Crippen LogP contribution in [0.15, 0.2) is 46.5 Å². The van der Waals surface area contributed by atoms with E-state index in [0.29, 0.717) is 5.03 Å². The third-order valence-electron chi connectivity index (χ3n) is 5.25. The van der Waals surface area contributed by atoms with Crippen molar-refractivity contribution < 1.29 is 18.1 Å². The van der Waals surface area contributed by atoms with Crippen LogP contribution < -0.4 is 5.32 Å². The fourth-order valence-electron chi connectivity index (χ4n) is 3.48. The van der Waals surface area contributed by atoms with Gasteiger partial charge < -0.3 is 5.32 Å². The van der Waals surface area contributed by atoms with Gasteiger partial charge in [-0.25, -0.2) is 13.4 Å². The van der Waals surface area contributed by atoms with Gasteiger partial charge in [-0.1, -0.05) is 42.6 Å². The lowest BCUT2D eigenvalue weighted by molar-refractivity contribution is -0.384. The highest BCUT2D eigenvalue weighted by molar-refractivity contribution is 7.99. The maximum atomic E-state index is 12.9. The van der Waals surface area contributed by atoms with Crippen molar-refractivity contribution in [2.24, 2.45) is 0 Å². The quantitative estimate of drug-likeness (QED) is 0.326. The number of nitrogens with one attached hydrogen (secondary N) is 1. The number of nitro groups is 1. The van der Waals surface area contributed by atoms with Crippen LogP contribution in [0.1, 0.15) is 32.1 Å². The lowest BCUT2D eigenvalue weighted by Crippen LogP contribution is -2.38. The van der Waals surface area contributed by atoms with E-state index in [1.165, 1.54) is 34.8 Å². The van der Waals surface area contributed by atoms with Crippen LogP contribution in [0.5, 0.6) is 0 Å². The van der Waals surface area contributed by atoms with E-state index in [9.17, 15) is 23.3 Å². The van der Waals surface area contributed by atoms with Crippen LogP contribution >= 0.6 is 23.4 Å². The van der Waals surface area contributed by atoms with Gasteiger partial charge in [-0.3, -0.25) is 14.9 Å². The number of halogens is 1. The molecule has 1 aromatic heterocycles. The van der Waals surface area contributed by atoms with Gasteiger partial charge in [-0.15, -0.1) is 0 Å². The normalized spacial score (nSPS) is 15.0. The van der Waals surface area contributed by atoms with Crippen molar-refractivity contribution >= 4 is 50.7 Å². The van der Waals surface area contributed by atoms with E-state index in [1.54, 1.807) is 13.1 Å². The van der Waals surface area contributed by atoms with Crippen LogP contribution in [-0.2, 0) is 14.8 Å². The summed E-state index contributed by atoms with van der Waals surface area (Å²) in [4.78, 5) is 26.8. The van der Waals surface area contributed by atoms with Crippen molar-refractivity contribution in [2.45, 2.75) is 48.1 Å². The van der Waals surface area contributed by atoms with Crippen molar-refractivity contribution in [3.8, 4) is 0 Å². The number of sulfonamides is 1. The third kappa shape index (κ3) is 5.97. The first-order valence-electron chi connectivity index (χ1n) is 9.99. The lowest BCUT2D eigenvalue weighted by atomic mass is 9.96. The summed E-state index contributed by atoms with van der Waals surface area (Å²) in [5.41, 5.74) is -0.0411. The minimum absolute atomic E-state index is 0.00248.